The van der Waals surface area contributed by atoms with Crippen LogP contribution in [-0.2, 0) is 4.79 Å². The molecule has 1 amide bonds. The summed E-state index contributed by atoms with van der Waals surface area (Å²) in [5.74, 6) is 0.354. The van der Waals surface area contributed by atoms with E-state index < -0.39 is 6.10 Å². The number of benzene rings is 1. The molecule has 146 valence electrons. The Balaban J connectivity index is 1.38. The highest BCUT2D eigenvalue weighted by Gasteiger charge is 2.33. The number of nitrogens with zero attached hydrogens (tertiary/aromatic N) is 3. The standard InChI is InChI=1S/C20H27N3O3S/c24-13-17(25)14-7-10-22(11-8-14)19(26)15-4-3-9-23(12-15)20-21-16-5-1-2-6-18(16)27-20/h1-2,5-6,14-15,17,24-25H,3-4,7-13H2. The zero-order valence-corrected chi connectivity index (χ0v) is 16.3. The van der Waals surface area contributed by atoms with Gasteiger partial charge < -0.3 is 20.0 Å². The highest BCUT2D eigenvalue weighted by Crippen LogP contribution is 2.32. The lowest BCUT2D eigenvalue weighted by molar-refractivity contribution is -0.138. The number of amides is 1. The zero-order valence-electron chi connectivity index (χ0n) is 15.5. The average Bonchev–Trinajstić information content (AvgIpc) is 3.17. The number of para-hydroxylation sites is 1. The topological polar surface area (TPSA) is 76.9 Å². The van der Waals surface area contributed by atoms with Crippen molar-refractivity contribution in [2.45, 2.75) is 31.8 Å². The molecule has 2 N–H and O–H groups in total. The molecule has 0 bridgehead atoms. The van der Waals surface area contributed by atoms with Crippen molar-refractivity contribution in [1.29, 1.82) is 0 Å². The number of thiazole rings is 1. The molecule has 2 aliphatic heterocycles. The van der Waals surface area contributed by atoms with Gasteiger partial charge in [-0.3, -0.25) is 4.79 Å². The van der Waals surface area contributed by atoms with Crippen LogP contribution >= 0.6 is 11.3 Å². The predicted molar refractivity (Wildman–Crippen MR) is 107 cm³/mol. The van der Waals surface area contributed by atoms with Crippen molar-refractivity contribution in [3.8, 4) is 0 Å². The van der Waals surface area contributed by atoms with E-state index in [2.05, 4.69) is 11.0 Å². The summed E-state index contributed by atoms with van der Waals surface area (Å²) < 4.78 is 1.19. The fourth-order valence-electron chi connectivity index (χ4n) is 4.26. The number of hydrogen-bond acceptors (Lipinski definition) is 6. The summed E-state index contributed by atoms with van der Waals surface area (Å²) in [5.41, 5.74) is 1.02. The summed E-state index contributed by atoms with van der Waals surface area (Å²) in [7, 11) is 0. The molecule has 2 unspecified atom stereocenters. The quantitative estimate of drug-likeness (QED) is 0.838. The number of likely N-dealkylation sites (tertiary alicyclic amines) is 1. The number of hydrogen-bond donors (Lipinski definition) is 2. The lowest BCUT2D eigenvalue weighted by Crippen LogP contribution is -2.48. The SMILES string of the molecule is O=C(C1CCCN(c2nc3ccccc3s2)C1)N1CCC(C(O)CO)CC1. The summed E-state index contributed by atoms with van der Waals surface area (Å²) in [6.07, 6.45) is 2.81. The molecule has 2 fully saturated rings. The number of aliphatic hydroxyl groups excluding tert-OH is 2. The molecule has 0 saturated carbocycles. The van der Waals surface area contributed by atoms with Gasteiger partial charge in [0.15, 0.2) is 5.13 Å². The molecular formula is C20H27N3O3S. The molecule has 0 spiro atoms. The molecule has 0 aliphatic carbocycles. The third-order valence-corrected chi connectivity index (χ3v) is 7.00. The number of anilines is 1. The van der Waals surface area contributed by atoms with Crippen molar-refractivity contribution >= 4 is 32.6 Å². The summed E-state index contributed by atoms with van der Waals surface area (Å²) in [4.78, 5) is 22.0. The molecule has 0 radical (unpaired) electrons. The fraction of sp³-hybridized carbons (Fsp3) is 0.600. The first-order valence-electron chi connectivity index (χ1n) is 9.84. The van der Waals surface area contributed by atoms with Crippen LogP contribution in [0.5, 0.6) is 0 Å². The van der Waals surface area contributed by atoms with E-state index in [1.165, 1.54) is 4.70 Å². The number of rotatable bonds is 4. The van der Waals surface area contributed by atoms with Crippen molar-refractivity contribution < 1.29 is 15.0 Å². The second kappa shape index (κ2) is 8.12. The molecule has 2 aromatic rings. The Hall–Kier alpha value is -1.70. The third kappa shape index (κ3) is 3.95. The van der Waals surface area contributed by atoms with E-state index in [1.54, 1.807) is 11.3 Å². The number of piperidine rings is 2. The van der Waals surface area contributed by atoms with E-state index in [1.807, 2.05) is 23.1 Å². The third-order valence-electron chi connectivity index (χ3n) is 5.91. The summed E-state index contributed by atoms with van der Waals surface area (Å²) in [6, 6.07) is 8.16. The van der Waals surface area contributed by atoms with Crippen LogP contribution in [0.25, 0.3) is 10.2 Å². The minimum Gasteiger partial charge on any atom is -0.394 e. The first-order chi connectivity index (χ1) is 13.2. The van der Waals surface area contributed by atoms with Crippen molar-refractivity contribution in [1.82, 2.24) is 9.88 Å². The highest BCUT2D eigenvalue weighted by molar-refractivity contribution is 7.22. The second-order valence-electron chi connectivity index (χ2n) is 7.66. The molecule has 2 saturated heterocycles. The molecule has 2 atom stereocenters. The molecule has 1 aromatic carbocycles. The molecule has 27 heavy (non-hydrogen) atoms. The van der Waals surface area contributed by atoms with Gasteiger partial charge in [0.25, 0.3) is 0 Å². The van der Waals surface area contributed by atoms with Gasteiger partial charge in [0.2, 0.25) is 5.91 Å². The molecular weight excluding hydrogens is 362 g/mol. The molecule has 7 heteroatoms. The lowest BCUT2D eigenvalue weighted by Gasteiger charge is -2.38. The van der Waals surface area contributed by atoms with Crippen LogP contribution in [0.4, 0.5) is 5.13 Å². The van der Waals surface area contributed by atoms with Crippen molar-refractivity contribution in [3.63, 3.8) is 0 Å². The maximum Gasteiger partial charge on any atom is 0.227 e. The van der Waals surface area contributed by atoms with Gasteiger partial charge in [-0.2, -0.15) is 0 Å². The second-order valence-corrected chi connectivity index (χ2v) is 8.67. The maximum atomic E-state index is 13.0. The van der Waals surface area contributed by atoms with Crippen LogP contribution in [0, 0.1) is 11.8 Å². The van der Waals surface area contributed by atoms with Crippen molar-refractivity contribution in [3.05, 3.63) is 24.3 Å². The van der Waals surface area contributed by atoms with Gasteiger partial charge in [-0.05, 0) is 43.7 Å². The molecule has 2 aliphatic rings. The smallest absolute Gasteiger partial charge is 0.227 e. The normalized spacial score (nSPS) is 23.0. The Morgan fingerprint density at radius 1 is 1.22 bits per heavy atom. The van der Waals surface area contributed by atoms with Crippen LogP contribution < -0.4 is 4.90 Å². The van der Waals surface area contributed by atoms with E-state index in [0.29, 0.717) is 13.1 Å². The number of aliphatic hydroxyl groups is 2. The Morgan fingerprint density at radius 2 is 2.00 bits per heavy atom. The number of carbonyl (C=O) groups is 1. The van der Waals surface area contributed by atoms with E-state index >= 15 is 0 Å². The Bertz CT molecular complexity index is 755. The first kappa shape index (κ1) is 18.7. The van der Waals surface area contributed by atoms with Crippen LogP contribution in [0.3, 0.4) is 0 Å². The molecule has 4 rings (SSSR count). The minimum atomic E-state index is -0.661. The van der Waals surface area contributed by atoms with E-state index in [0.717, 1.165) is 49.4 Å². The van der Waals surface area contributed by atoms with Gasteiger partial charge in [-0.15, -0.1) is 0 Å². The number of fused-ring (bicyclic) bond motifs is 1. The summed E-state index contributed by atoms with van der Waals surface area (Å²) >= 11 is 1.70. The van der Waals surface area contributed by atoms with Gasteiger partial charge >= 0.3 is 0 Å². The van der Waals surface area contributed by atoms with E-state index in [4.69, 9.17) is 10.1 Å². The Kier molecular flexibility index (Phi) is 5.61. The van der Waals surface area contributed by atoms with Crippen LogP contribution in [0.15, 0.2) is 24.3 Å². The van der Waals surface area contributed by atoms with Gasteiger partial charge in [0, 0.05) is 26.2 Å². The molecule has 3 heterocycles. The van der Waals surface area contributed by atoms with Crippen molar-refractivity contribution in [2.24, 2.45) is 11.8 Å². The lowest BCUT2D eigenvalue weighted by atomic mass is 9.90. The van der Waals surface area contributed by atoms with E-state index in [9.17, 15) is 9.90 Å². The van der Waals surface area contributed by atoms with Gasteiger partial charge in [0.1, 0.15) is 0 Å². The van der Waals surface area contributed by atoms with Crippen molar-refractivity contribution in [2.75, 3.05) is 37.7 Å². The fourth-order valence-corrected chi connectivity index (χ4v) is 5.26. The van der Waals surface area contributed by atoms with Crippen LogP contribution in [-0.4, -0.2) is 64.9 Å². The minimum absolute atomic E-state index is 0.0186. The largest absolute Gasteiger partial charge is 0.394 e. The zero-order chi connectivity index (χ0) is 18.8. The van der Waals surface area contributed by atoms with E-state index in [-0.39, 0.29) is 24.3 Å². The van der Waals surface area contributed by atoms with Crippen LogP contribution in [0.2, 0.25) is 0 Å². The summed E-state index contributed by atoms with van der Waals surface area (Å²) in [6.45, 7) is 2.85. The summed E-state index contributed by atoms with van der Waals surface area (Å²) in [5, 5.41) is 19.9. The number of aromatic nitrogens is 1. The molecule has 1 aromatic heterocycles. The first-order valence-corrected chi connectivity index (χ1v) is 10.7. The van der Waals surface area contributed by atoms with Gasteiger partial charge in [0.05, 0.1) is 28.8 Å². The van der Waals surface area contributed by atoms with Gasteiger partial charge in [-0.1, -0.05) is 23.5 Å². The average molecular weight is 390 g/mol. The number of carbonyl (C=O) groups excluding carboxylic acids is 1. The molecule has 6 nitrogen and oxygen atoms in total. The van der Waals surface area contributed by atoms with Crippen LogP contribution in [0.1, 0.15) is 25.7 Å². The monoisotopic (exact) mass is 389 g/mol. The Morgan fingerprint density at radius 3 is 2.74 bits per heavy atom. The Labute approximate surface area is 163 Å². The van der Waals surface area contributed by atoms with Gasteiger partial charge in [-0.25, -0.2) is 4.98 Å². The maximum absolute atomic E-state index is 13.0. The predicted octanol–water partition coefficient (Wildman–Crippen LogP) is 2.10. The highest BCUT2D eigenvalue weighted by atomic mass is 32.1.